The van der Waals surface area contributed by atoms with Crippen LogP contribution in [0.4, 0.5) is 36.1 Å². The van der Waals surface area contributed by atoms with Gasteiger partial charge < -0.3 is 24.9 Å². The van der Waals surface area contributed by atoms with Crippen molar-refractivity contribution in [3.05, 3.63) is 41.8 Å². The lowest BCUT2D eigenvalue weighted by molar-refractivity contribution is -0.0221. The zero-order valence-corrected chi connectivity index (χ0v) is 21.8. The largest absolute Gasteiger partial charge is 0.395 e. The lowest BCUT2D eigenvalue weighted by atomic mass is 9.93. The Kier molecular flexibility index (Phi) is 7.54. The molecule has 1 saturated carbocycles. The number of halogens is 3. The Morgan fingerprint density at radius 3 is 2.34 bits per heavy atom. The molecule has 1 atom stereocenters. The number of rotatable bonds is 8. The normalized spacial score (nSPS) is 20.7. The summed E-state index contributed by atoms with van der Waals surface area (Å²) in [6, 6.07) is 7.37. The summed E-state index contributed by atoms with van der Waals surface area (Å²) in [7, 11) is -1.46. The standard InChI is InChI=1S/C26H32F3N5O3S/c27-18-15-21(30-23(16-18)34-11-7-26(28,29)8-12-34)24(36)31-20-2-1-19(32-38(37)14-13-35)17-22(20)33-9-5-25(3-4-25)6-10-33/h1-2,15-17,32,35H,3-14H2,(H,31,36). The number of nitrogens with one attached hydrogen (secondary N) is 2. The summed E-state index contributed by atoms with van der Waals surface area (Å²) in [5, 5.41) is 11.9. The summed E-state index contributed by atoms with van der Waals surface area (Å²) in [5.74, 6) is -3.80. The topological polar surface area (TPSA) is 97.8 Å². The second-order valence-electron chi connectivity index (χ2n) is 10.4. The van der Waals surface area contributed by atoms with Crippen LogP contribution in [-0.4, -0.2) is 64.7 Å². The number of amides is 1. The van der Waals surface area contributed by atoms with Crippen LogP contribution < -0.4 is 19.8 Å². The van der Waals surface area contributed by atoms with Crippen molar-refractivity contribution in [3.63, 3.8) is 0 Å². The van der Waals surface area contributed by atoms with Crippen LogP contribution in [-0.2, 0) is 11.0 Å². The molecule has 3 aliphatic rings. The monoisotopic (exact) mass is 551 g/mol. The molecule has 0 radical (unpaired) electrons. The number of aromatic nitrogens is 1. The summed E-state index contributed by atoms with van der Waals surface area (Å²) in [5.41, 5.74) is 2.13. The number of hydrogen-bond donors (Lipinski definition) is 3. The molecule has 3 heterocycles. The molecule has 2 saturated heterocycles. The number of piperidine rings is 2. The minimum Gasteiger partial charge on any atom is -0.395 e. The van der Waals surface area contributed by atoms with Crippen molar-refractivity contribution < 1.29 is 27.3 Å². The van der Waals surface area contributed by atoms with E-state index in [1.807, 2.05) is 6.07 Å². The van der Waals surface area contributed by atoms with Crippen LogP contribution in [0.5, 0.6) is 0 Å². The van der Waals surface area contributed by atoms with E-state index in [2.05, 4.69) is 19.9 Å². The smallest absolute Gasteiger partial charge is 0.274 e. The Morgan fingerprint density at radius 1 is 1.00 bits per heavy atom. The second-order valence-corrected chi connectivity index (χ2v) is 11.7. The highest BCUT2D eigenvalue weighted by Crippen LogP contribution is 2.54. The Labute approximate surface area is 222 Å². The van der Waals surface area contributed by atoms with Crippen LogP contribution in [0.2, 0.25) is 0 Å². The van der Waals surface area contributed by atoms with Gasteiger partial charge in [-0.15, -0.1) is 0 Å². The number of aliphatic hydroxyl groups is 1. The fourth-order valence-corrected chi connectivity index (χ4v) is 5.80. The van der Waals surface area contributed by atoms with Crippen molar-refractivity contribution in [1.82, 2.24) is 4.98 Å². The molecule has 1 spiro atoms. The van der Waals surface area contributed by atoms with E-state index in [0.717, 1.165) is 43.8 Å². The first kappa shape index (κ1) is 26.7. The van der Waals surface area contributed by atoms with Gasteiger partial charge in [0.15, 0.2) is 0 Å². The zero-order valence-electron chi connectivity index (χ0n) is 21.0. The van der Waals surface area contributed by atoms with Gasteiger partial charge in [0.05, 0.1) is 23.7 Å². The lowest BCUT2D eigenvalue weighted by Gasteiger charge is -2.35. The first-order valence-electron chi connectivity index (χ1n) is 12.9. The maximum Gasteiger partial charge on any atom is 0.274 e. The van der Waals surface area contributed by atoms with Gasteiger partial charge in [0, 0.05) is 56.8 Å². The first-order valence-corrected chi connectivity index (χ1v) is 14.2. The number of pyridine rings is 1. The number of alkyl halides is 2. The molecule has 38 heavy (non-hydrogen) atoms. The summed E-state index contributed by atoms with van der Waals surface area (Å²) < 4.78 is 56.6. The minimum atomic E-state index is -2.75. The van der Waals surface area contributed by atoms with Gasteiger partial charge in [0.25, 0.3) is 11.8 Å². The Hall–Kier alpha value is -2.86. The van der Waals surface area contributed by atoms with Crippen molar-refractivity contribution >= 4 is 39.8 Å². The van der Waals surface area contributed by atoms with E-state index in [-0.39, 0.29) is 49.8 Å². The van der Waals surface area contributed by atoms with Crippen molar-refractivity contribution in [1.29, 1.82) is 0 Å². The molecule has 1 aromatic heterocycles. The maximum atomic E-state index is 14.5. The van der Waals surface area contributed by atoms with Gasteiger partial charge in [0.1, 0.15) is 28.3 Å². The third-order valence-corrected chi connectivity index (χ3v) is 8.72. The Bertz CT molecular complexity index is 1210. The van der Waals surface area contributed by atoms with E-state index >= 15 is 0 Å². The van der Waals surface area contributed by atoms with Crippen LogP contribution in [0.15, 0.2) is 30.3 Å². The maximum absolute atomic E-state index is 14.5. The average Bonchev–Trinajstić information content (AvgIpc) is 3.63. The fourth-order valence-electron chi connectivity index (χ4n) is 5.14. The molecule has 2 aromatic rings. The molecule has 5 rings (SSSR count). The molecule has 206 valence electrons. The number of benzene rings is 1. The first-order chi connectivity index (χ1) is 18.2. The number of anilines is 4. The fraction of sp³-hybridized carbons (Fsp3) is 0.538. The van der Waals surface area contributed by atoms with E-state index < -0.39 is 28.6 Å². The van der Waals surface area contributed by atoms with E-state index in [1.54, 1.807) is 17.0 Å². The van der Waals surface area contributed by atoms with Gasteiger partial charge >= 0.3 is 0 Å². The highest BCUT2D eigenvalue weighted by Gasteiger charge is 2.44. The van der Waals surface area contributed by atoms with Crippen molar-refractivity contribution in [3.8, 4) is 0 Å². The number of hydrogen-bond acceptors (Lipinski definition) is 6. The van der Waals surface area contributed by atoms with Crippen molar-refractivity contribution in [2.75, 3.05) is 58.4 Å². The molecule has 12 heteroatoms. The van der Waals surface area contributed by atoms with Crippen LogP contribution in [0.25, 0.3) is 0 Å². The predicted octanol–water partition coefficient (Wildman–Crippen LogP) is 4.16. The third kappa shape index (κ3) is 6.23. The molecular formula is C26H32F3N5O3S. The van der Waals surface area contributed by atoms with Crippen molar-refractivity contribution in [2.24, 2.45) is 5.41 Å². The molecule has 3 fully saturated rings. The van der Waals surface area contributed by atoms with Gasteiger partial charge in [-0.25, -0.2) is 22.4 Å². The molecule has 1 aliphatic carbocycles. The summed E-state index contributed by atoms with van der Waals surface area (Å²) in [6.45, 7) is 1.47. The molecule has 8 nitrogen and oxygen atoms in total. The highest BCUT2D eigenvalue weighted by atomic mass is 32.2. The number of carbonyl (C=O) groups excluding carboxylic acids is 1. The van der Waals surface area contributed by atoms with Gasteiger partial charge in [-0.2, -0.15) is 0 Å². The van der Waals surface area contributed by atoms with Crippen LogP contribution in [0.1, 0.15) is 49.0 Å². The number of nitrogens with zero attached hydrogens (tertiary/aromatic N) is 3. The summed E-state index contributed by atoms with van der Waals surface area (Å²) >= 11 is 0. The van der Waals surface area contributed by atoms with Crippen LogP contribution >= 0.6 is 0 Å². The van der Waals surface area contributed by atoms with Gasteiger partial charge in [-0.3, -0.25) is 4.79 Å². The molecule has 0 bridgehead atoms. The quantitative estimate of drug-likeness (QED) is 0.456. The second kappa shape index (κ2) is 10.7. The summed E-state index contributed by atoms with van der Waals surface area (Å²) in [4.78, 5) is 21.2. The third-order valence-electron chi connectivity index (χ3n) is 7.70. The van der Waals surface area contributed by atoms with Gasteiger partial charge in [-0.1, -0.05) is 0 Å². The predicted molar refractivity (Wildman–Crippen MR) is 142 cm³/mol. The molecule has 1 amide bonds. The number of carbonyl (C=O) groups is 1. The molecule has 1 aromatic carbocycles. The molecule has 3 N–H and O–H groups in total. The molecular weight excluding hydrogens is 519 g/mol. The SMILES string of the molecule is O=C(Nc1ccc(NS(=O)CCO)cc1N1CCC2(CC1)CC2)c1cc(F)cc(N2CCC(F)(F)CC2)n1. The van der Waals surface area contributed by atoms with Gasteiger partial charge in [0.2, 0.25) is 0 Å². The van der Waals surface area contributed by atoms with E-state index in [4.69, 9.17) is 5.11 Å². The minimum absolute atomic E-state index is 0.0250. The van der Waals surface area contributed by atoms with E-state index in [9.17, 15) is 22.2 Å². The number of aliphatic hydroxyl groups excluding tert-OH is 1. The molecule has 2 aliphatic heterocycles. The van der Waals surface area contributed by atoms with Crippen molar-refractivity contribution in [2.45, 2.75) is 44.4 Å². The summed E-state index contributed by atoms with van der Waals surface area (Å²) in [6.07, 6.45) is 3.90. The Morgan fingerprint density at radius 2 is 1.68 bits per heavy atom. The highest BCUT2D eigenvalue weighted by molar-refractivity contribution is 7.86. The van der Waals surface area contributed by atoms with Crippen LogP contribution in [0.3, 0.4) is 0 Å². The average molecular weight is 552 g/mol. The van der Waals surface area contributed by atoms with Gasteiger partial charge in [-0.05, 0) is 49.3 Å². The Balaban J connectivity index is 1.36. The lowest BCUT2D eigenvalue weighted by Crippen LogP contribution is -2.40. The van der Waals surface area contributed by atoms with E-state index in [0.29, 0.717) is 16.8 Å². The molecule has 1 unspecified atom stereocenters. The van der Waals surface area contributed by atoms with Crippen LogP contribution in [0, 0.1) is 11.2 Å². The van der Waals surface area contributed by atoms with E-state index in [1.165, 1.54) is 12.8 Å². The zero-order chi connectivity index (χ0) is 26.9.